The third kappa shape index (κ3) is 14.1. The Balaban J connectivity index is 0.767. The molecular formula is C51H65N9O13. The molecule has 4 aromatic rings. The number of nitrogens with one attached hydrogen (secondary N) is 3. The van der Waals surface area contributed by atoms with Crippen LogP contribution in [0.5, 0.6) is 17.2 Å². The number of piperazine rings is 1. The summed E-state index contributed by atoms with van der Waals surface area (Å²) < 4.78 is 45.6. The molecule has 2 saturated heterocycles. The summed E-state index contributed by atoms with van der Waals surface area (Å²) in [7, 11) is 3.08. The van der Waals surface area contributed by atoms with Crippen LogP contribution in [0.2, 0.25) is 0 Å². The van der Waals surface area contributed by atoms with E-state index in [1.165, 1.54) is 7.11 Å². The van der Waals surface area contributed by atoms with E-state index < -0.39 is 35.3 Å². The molecule has 7 rings (SSSR count). The minimum Gasteiger partial charge on any atom is -0.493 e. The van der Waals surface area contributed by atoms with E-state index in [1.54, 1.807) is 49.8 Å². The van der Waals surface area contributed by atoms with Crippen LogP contribution in [0, 0.1) is 0 Å². The van der Waals surface area contributed by atoms with Crippen LogP contribution in [0.25, 0.3) is 11.3 Å². The molecule has 0 spiro atoms. The minimum absolute atomic E-state index is 0.00796. The van der Waals surface area contributed by atoms with Crippen molar-refractivity contribution in [2.45, 2.75) is 64.6 Å². The molecule has 2 unspecified atom stereocenters. The molecular weight excluding hydrogens is 947 g/mol. The normalized spacial score (nSPS) is 16.8. The number of benzene rings is 2. The van der Waals surface area contributed by atoms with Crippen molar-refractivity contribution in [2.75, 3.05) is 115 Å². The maximum Gasteiger partial charge on any atom is 0.410 e. The average Bonchev–Trinajstić information content (AvgIpc) is 3.63. The van der Waals surface area contributed by atoms with E-state index in [4.69, 9.17) is 47.9 Å². The van der Waals surface area contributed by atoms with E-state index in [0.29, 0.717) is 113 Å². The van der Waals surface area contributed by atoms with Crippen molar-refractivity contribution < 1.29 is 61.9 Å². The molecule has 22 heteroatoms. The minimum atomic E-state index is -1.03. The number of rotatable bonds is 25. The van der Waals surface area contributed by atoms with Crippen molar-refractivity contribution in [1.29, 1.82) is 0 Å². The quantitative estimate of drug-likeness (QED) is 0.0578. The topological polar surface area (TPSA) is 244 Å². The van der Waals surface area contributed by atoms with Crippen LogP contribution in [0.1, 0.15) is 67.7 Å². The van der Waals surface area contributed by atoms with Gasteiger partial charge in [0, 0.05) is 74.1 Å². The Bertz CT molecular complexity index is 2560. The molecule has 3 aliphatic heterocycles. The van der Waals surface area contributed by atoms with Crippen LogP contribution in [0.3, 0.4) is 0 Å². The van der Waals surface area contributed by atoms with Gasteiger partial charge in [0.05, 0.1) is 89.9 Å². The van der Waals surface area contributed by atoms with Crippen molar-refractivity contribution in [1.82, 2.24) is 30.1 Å². The molecule has 2 aromatic carbocycles. The van der Waals surface area contributed by atoms with Gasteiger partial charge in [-0.15, -0.1) is 0 Å². The molecule has 0 bridgehead atoms. The molecule has 73 heavy (non-hydrogen) atoms. The standard InChI is InChI=1S/C51H65N9O13/c1-7-35-32-58(18-19-59(35)50(65)73-51(2,3)4)42-13-11-33(31-54-42)37-15-16-53-49(56-37)55-34-29-40(66-5)45(67-6)41(30-34)72-28-27-71-26-25-70-24-23-69-22-21-68-20-17-52-38-10-8-9-36-44(38)48(64)60(47(36)63)39-12-14-43(61)57-46(39)62/h8-11,13,15-16,29-31,35,39,52H,7,12,14,17-28,32H2,1-6H3,(H,53,55,56)(H,57,61,62). The van der Waals surface area contributed by atoms with Gasteiger partial charge >= 0.3 is 6.09 Å². The van der Waals surface area contributed by atoms with Gasteiger partial charge in [-0.1, -0.05) is 13.0 Å². The second-order valence-corrected chi connectivity index (χ2v) is 18.1. The van der Waals surface area contributed by atoms with Crippen LogP contribution < -0.4 is 35.1 Å². The molecule has 3 N–H and O–H groups in total. The lowest BCUT2D eigenvalue weighted by Crippen LogP contribution is -2.56. The molecule has 0 saturated carbocycles. The summed E-state index contributed by atoms with van der Waals surface area (Å²) in [6.07, 6.45) is 4.11. The Morgan fingerprint density at radius 2 is 1.53 bits per heavy atom. The molecule has 0 radical (unpaired) electrons. The summed E-state index contributed by atoms with van der Waals surface area (Å²) >= 11 is 0. The first-order chi connectivity index (χ1) is 35.3. The fourth-order valence-corrected chi connectivity index (χ4v) is 8.41. The SMILES string of the molecule is CCC1CN(c2ccc(-c3ccnc(Nc4cc(OC)c(OC)c(OCCOCCOCCOCCOCCNc5cccc6c5C(=O)N(C5CCC(=O)NC5=O)C6=O)c4)n3)cn2)CCN1C(=O)OC(C)(C)C. The number of piperidine rings is 1. The lowest BCUT2D eigenvalue weighted by Gasteiger charge is -2.41. The van der Waals surface area contributed by atoms with Crippen LogP contribution >= 0.6 is 0 Å². The molecule has 3 aliphatic rings. The lowest BCUT2D eigenvalue weighted by atomic mass is 10.0. The van der Waals surface area contributed by atoms with E-state index in [2.05, 4.69) is 32.8 Å². The van der Waals surface area contributed by atoms with Crippen molar-refractivity contribution in [3.05, 3.63) is 72.1 Å². The molecule has 22 nitrogen and oxygen atoms in total. The molecule has 5 amide bonds. The fourth-order valence-electron chi connectivity index (χ4n) is 8.41. The fraction of sp³-hybridized carbons (Fsp3) is 0.490. The Labute approximate surface area is 424 Å². The molecule has 2 fully saturated rings. The number of hydrogen-bond donors (Lipinski definition) is 3. The third-order valence-corrected chi connectivity index (χ3v) is 11.9. The van der Waals surface area contributed by atoms with Crippen LogP contribution in [0.15, 0.2) is 60.9 Å². The number of aromatic nitrogens is 3. The number of imide groups is 2. The van der Waals surface area contributed by atoms with Crippen LogP contribution in [0.4, 0.5) is 27.9 Å². The number of fused-ring (bicyclic) bond motifs is 1. The number of ether oxygens (including phenoxy) is 8. The molecule has 5 heterocycles. The van der Waals surface area contributed by atoms with Crippen LogP contribution in [-0.4, -0.2) is 172 Å². The number of carbonyl (C=O) groups is 5. The number of pyridine rings is 1. The zero-order chi connectivity index (χ0) is 51.9. The number of hydrogen-bond acceptors (Lipinski definition) is 19. The summed E-state index contributed by atoms with van der Waals surface area (Å²) in [5.74, 6) is 0.260. The lowest BCUT2D eigenvalue weighted by molar-refractivity contribution is -0.136. The first kappa shape index (κ1) is 53.7. The van der Waals surface area contributed by atoms with Gasteiger partial charge in [-0.2, -0.15) is 0 Å². The number of carbonyl (C=O) groups excluding carboxylic acids is 5. The van der Waals surface area contributed by atoms with Crippen LogP contribution in [-0.2, 0) is 33.3 Å². The van der Waals surface area contributed by atoms with Gasteiger partial charge in [0.15, 0.2) is 11.5 Å². The predicted molar refractivity (Wildman–Crippen MR) is 268 cm³/mol. The zero-order valence-electron chi connectivity index (χ0n) is 42.2. The largest absolute Gasteiger partial charge is 0.493 e. The summed E-state index contributed by atoms with van der Waals surface area (Å²) in [6.45, 7) is 12.8. The number of methoxy groups -OCH3 is 2. The van der Waals surface area contributed by atoms with Gasteiger partial charge in [-0.25, -0.2) is 19.7 Å². The molecule has 392 valence electrons. The summed E-state index contributed by atoms with van der Waals surface area (Å²) in [5.41, 5.74) is 2.41. The van der Waals surface area contributed by atoms with E-state index in [-0.39, 0.29) is 49.3 Å². The highest BCUT2D eigenvalue weighted by molar-refractivity contribution is 6.25. The van der Waals surface area contributed by atoms with Crippen molar-refractivity contribution in [3.8, 4) is 28.5 Å². The maximum absolute atomic E-state index is 13.3. The Kier molecular flexibility index (Phi) is 18.7. The maximum atomic E-state index is 13.3. The molecule has 2 atom stereocenters. The average molecular weight is 1010 g/mol. The number of nitrogens with zero attached hydrogens (tertiary/aromatic N) is 6. The van der Waals surface area contributed by atoms with E-state index >= 15 is 0 Å². The monoisotopic (exact) mass is 1010 g/mol. The Morgan fingerprint density at radius 1 is 0.822 bits per heavy atom. The highest BCUT2D eigenvalue weighted by atomic mass is 16.6. The summed E-state index contributed by atoms with van der Waals surface area (Å²) in [5, 5.41) is 8.60. The Morgan fingerprint density at radius 3 is 2.19 bits per heavy atom. The van der Waals surface area contributed by atoms with Gasteiger partial charge in [0.25, 0.3) is 11.8 Å². The van der Waals surface area contributed by atoms with Crippen molar-refractivity contribution in [3.63, 3.8) is 0 Å². The van der Waals surface area contributed by atoms with Gasteiger partial charge in [0.2, 0.25) is 23.5 Å². The smallest absolute Gasteiger partial charge is 0.410 e. The van der Waals surface area contributed by atoms with E-state index in [1.807, 2.05) is 43.9 Å². The third-order valence-electron chi connectivity index (χ3n) is 11.9. The van der Waals surface area contributed by atoms with Gasteiger partial charge in [-0.05, 0) is 63.9 Å². The zero-order valence-corrected chi connectivity index (χ0v) is 42.2. The highest BCUT2D eigenvalue weighted by Crippen LogP contribution is 2.41. The number of anilines is 4. The summed E-state index contributed by atoms with van der Waals surface area (Å²) in [6, 6.07) is 13.2. The molecule has 0 aliphatic carbocycles. The predicted octanol–water partition coefficient (Wildman–Crippen LogP) is 5.09. The van der Waals surface area contributed by atoms with Crippen molar-refractivity contribution >= 4 is 52.9 Å². The van der Waals surface area contributed by atoms with Gasteiger partial charge in [-0.3, -0.25) is 29.4 Å². The summed E-state index contributed by atoms with van der Waals surface area (Å²) in [4.78, 5) is 82.1. The Hall–Kier alpha value is -7.14. The highest BCUT2D eigenvalue weighted by Gasteiger charge is 2.45. The van der Waals surface area contributed by atoms with Crippen molar-refractivity contribution in [2.24, 2.45) is 0 Å². The van der Waals surface area contributed by atoms with E-state index in [0.717, 1.165) is 22.7 Å². The van der Waals surface area contributed by atoms with E-state index in [9.17, 15) is 24.0 Å². The second-order valence-electron chi connectivity index (χ2n) is 18.1. The van der Waals surface area contributed by atoms with Gasteiger partial charge in [0.1, 0.15) is 24.1 Å². The molecule has 2 aromatic heterocycles. The first-order valence-corrected chi connectivity index (χ1v) is 24.4. The first-order valence-electron chi connectivity index (χ1n) is 24.4. The number of amides is 5. The second kappa shape index (κ2) is 25.5. The van der Waals surface area contributed by atoms with Gasteiger partial charge < -0.3 is 58.3 Å².